The van der Waals surface area contributed by atoms with E-state index in [-0.39, 0.29) is 17.3 Å². The highest BCUT2D eigenvalue weighted by Gasteiger charge is 2.66. The molecule has 0 aliphatic heterocycles. The van der Waals surface area contributed by atoms with E-state index in [2.05, 4.69) is 13.8 Å². The van der Waals surface area contributed by atoms with Crippen molar-refractivity contribution in [3.63, 3.8) is 0 Å². The fraction of sp³-hybridized carbons (Fsp3) is 0.955. The quantitative estimate of drug-likeness (QED) is 0.806. The molecule has 4 aliphatic rings. The number of ketones is 1. The molecule has 0 bridgehead atoms. The Hall–Kier alpha value is -0.410. The van der Waals surface area contributed by atoms with Gasteiger partial charge in [0.1, 0.15) is 5.60 Å². The van der Waals surface area contributed by atoms with E-state index in [0.717, 1.165) is 43.9 Å². The van der Waals surface area contributed by atoms with Crippen molar-refractivity contribution in [2.75, 3.05) is 7.11 Å². The first-order chi connectivity index (χ1) is 11.8. The van der Waals surface area contributed by atoms with Gasteiger partial charge in [-0.1, -0.05) is 13.8 Å². The van der Waals surface area contributed by atoms with Crippen molar-refractivity contribution in [2.24, 2.45) is 34.5 Å². The normalized spacial score (nSPS) is 55.2. The summed E-state index contributed by atoms with van der Waals surface area (Å²) in [6.45, 7) is 6.61. The zero-order chi connectivity index (χ0) is 18.0. The van der Waals surface area contributed by atoms with Crippen LogP contribution in [0.3, 0.4) is 0 Å². The largest absolute Gasteiger partial charge is 0.393 e. The van der Waals surface area contributed by atoms with Crippen LogP contribution in [0.15, 0.2) is 0 Å². The van der Waals surface area contributed by atoms with Crippen LogP contribution >= 0.6 is 0 Å². The van der Waals surface area contributed by atoms with Crippen LogP contribution in [0.4, 0.5) is 0 Å². The molecule has 0 amide bonds. The molecule has 4 aliphatic carbocycles. The number of hydrogen-bond donors (Lipinski definition) is 1. The van der Waals surface area contributed by atoms with Crippen LogP contribution in [-0.2, 0) is 9.53 Å². The highest BCUT2D eigenvalue weighted by atomic mass is 16.5. The predicted molar refractivity (Wildman–Crippen MR) is 98.2 cm³/mol. The molecular formula is C22H36O3. The number of ether oxygens (including phenoxy) is 1. The Bertz CT molecular complexity index is 559. The molecule has 0 aromatic heterocycles. The summed E-state index contributed by atoms with van der Waals surface area (Å²) in [6, 6.07) is 0. The summed E-state index contributed by atoms with van der Waals surface area (Å²) in [4.78, 5) is 12.6. The molecule has 0 heterocycles. The molecule has 142 valence electrons. The molecule has 4 saturated carbocycles. The fourth-order valence-corrected chi connectivity index (χ4v) is 8.29. The lowest BCUT2D eigenvalue weighted by atomic mass is 9.44. The summed E-state index contributed by atoms with van der Waals surface area (Å²) < 4.78 is 5.98. The smallest absolute Gasteiger partial charge is 0.162 e. The number of hydrogen-bond acceptors (Lipinski definition) is 3. The molecule has 0 radical (unpaired) electrons. The summed E-state index contributed by atoms with van der Waals surface area (Å²) in [7, 11) is 1.75. The number of carbonyl (C=O) groups excluding carboxylic acids is 1. The minimum atomic E-state index is -0.552. The molecule has 3 heteroatoms. The van der Waals surface area contributed by atoms with Crippen LogP contribution in [0.1, 0.15) is 78.6 Å². The maximum absolute atomic E-state index is 12.6. The third kappa shape index (κ3) is 2.21. The molecule has 8 atom stereocenters. The minimum Gasteiger partial charge on any atom is -0.393 e. The maximum Gasteiger partial charge on any atom is 0.162 e. The Kier molecular flexibility index (Phi) is 4.16. The van der Waals surface area contributed by atoms with Crippen molar-refractivity contribution in [1.29, 1.82) is 0 Å². The topological polar surface area (TPSA) is 46.5 Å². The molecule has 0 aromatic rings. The van der Waals surface area contributed by atoms with Crippen LogP contribution < -0.4 is 0 Å². The number of Topliss-reactive ketones (excluding diaryl/α,β-unsaturated/α-hetero) is 1. The van der Waals surface area contributed by atoms with Crippen molar-refractivity contribution in [2.45, 2.75) is 90.3 Å². The summed E-state index contributed by atoms with van der Waals surface area (Å²) in [5, 5.41) is 10.2. The van der Waals surface area contributed by atoms with Crippen LogP contribution in [0, 0.1) is 34.5 Å². The Morgan fingerprint density at radius 3 is 2.40 bits per heavy atom. The van der Waals surface area contributed by atoms with E-state index < -0.39 is 5.60 Å². The second kappa shape index (κ2) is 5.79. The third-order valence-electron chi connectivity index (χ3n) is 9.67. The van der Waals surface area contributed by atoms with Crippen LogP contribution in [0.25, 0.3) is 0 Å². The summed E-state index contributed by atoms with van der Waals surface area (Å²) in [5.74, 6) is 3.07. The van der Waals surface area contributed by atoms with E-state index in [9.17, 15) is 9.90 Å². The van der Waals surface area contributed by atoms with Crippen molar-refractivity contribution in [1.82, 2.24) is 0 Å². The zero-order valence-corrected chi connectivity index (χ0v) is 16.5. The Morgan fingerprint density at radius 2 is 1.72 bits per heavy atom. The molecule has 25 heavy (non-hydrogen) atoms. The summed E-state index contributed by atoms with van der Waals surface area (Å²) >= 11 is 0. The Balaban J connectivity index is 1.65. The molecule has 1 N–H and O–H groups in total. The average molecular weight is 349 g/mol. The number of aliphatic hydroxyl groups is 1. The molecule has 4 fully saturated rings. The number of carbonyl (C=O) groups is 1. The number of methoxy groups -OCH3 is 1. The average Bonchev–Trinajstić information content (AvgIpc) is 2.89. The second-order valence-corrected chi connectivity index (χ2v) is 10.2. The Labute approximate surface area is 152 Å². The van der Waals surface area contributed by atoms with Gasteiger partial charge in [0, 0.05) is 12.5 Å². The summed E-state index contributed by atoms with van der Waals surface area (Å²) in [6.07, 6.45) is 10.1. The monoisotopic (exact) mass is 348 g/mol. The zero-order valence-electron chi connectivity index (χ0n) is 16.5. The lowest BCUT2D eigenvalue weighted by Crippen LogP contribution is -2.59. The van der Waals surface area contributed by atoms with Crippen molar-refractivity contribution < 1.29 is 14.6 Å². The highest BCUT2D eigenvalue weighted by molar-refractivity contribution is 5.86. The van der Waals surface area contributed by atoms with Gasteiger partial charge in [0.2, 0.25) is 0 Å². The van der Waals surface area contributed by atoms with E-state index in [1.165, 1.54) is 25.7 Å². The lowest BCUT2D eigenvalue weighted by molar-refractivity contribution is -0.177. The number of fused-ring (bicyclic) bond motifs is 5. The first-order valence-corrected chi connectivity index (χ1v) is 10.5. The van der Waals surface area contributed by atoms with Gasteiger partial charge in [-0.15, -0.1) is 0 Å². The molecule has 0 saturated heterocycles. The van der Waals surface area contributed by atoms with Crippen LogP contribution in [0.2, 0.25) is 0 Å². The van der Waals surface area contributed by atoms with Gasteiger partial charge in [0.15, 0.2) is 5.78 Å². The van der Waals surface area contributed by atoms with E-state index in [1.807, 2.05) is 0 Å². The number of aliphatic hydroxyl groups excluding tert-OH is 1. The molecular weight excluding hydrogens is 312 g/mol. The van der Waals surface area contributed by atoms with Crippen molar-refractivity contribution >= 4 is 5.78 Å². The second-order valence-electron chi connectivity index (χ2n) is 10.2. The van der Waals surface area contributed by atoms with Gasteiger partial charge in [0.05, 0.1) is 6.10 Å². The van der Waals surface area contributed by atoms with Gasteiger partial charge in [-0.25, -0.2) is 0 Å². The van der Waals surface area contributed by atoms with Crippen molar-refractivity contribution in [3.05, 3.63) is 0 Å². The van der Waals surface area contributed by atoms with Crippen LogP contribution in [-0.4, -0.2) is 29.7 Å². The van der Waals surface area contributed by atoms with Gasteiger partial charge in [-0.05, 0) is 93.8 Å². The van der Waals surface area contributed by atoms with Gasteiger partial charge in [0.25, 0.3) is 0 Å². The molecule has 0 unspecified atom stereocenters. The predicted octanol–water partition coefficient (Wildman–Crippen LogP) is 4.36. The third-order valence-corrected chi connectivity index (χ3v) is 9.67. The molecule has 0 aromatic carbocycles. The van der Waals surface area contributed by atoms with Crippen LogP contribution in [0.5, 0.6) is 0 Å². The first-order valence-electron chi connectivity index (χ1n) is 10.5. The SMILES string of the molecule is CO[C@]1(C(C)=O)CC[C@H]2[C@@H]3CC[C@H]4C[C@@H](O)CC[C@]4(C)[C@H]3CC[C@@]21C. The van der Waals surface area contributed by atoms with E-state index >= 15 is 0 Å². The highest BCUT2D eigenvalue weighted by Crippen LogP contribution is 2.68. The minimum absolute atomic E-state index is 0.00608. The first kappa shape index (κ1) is 18.0. The van der Waals surface area contributed by atoms with E-state index in [0.29, 0.717) is 17.3 Å². The van der Waals surface area contributed by atoms with E-state index in [1.54, 1.807) is 14.0 Å². The maximum atomic E-state index is 12.6. The Morgan fingerprint density at radius 1 is 1.00 bits per heavy atom. The van der Waals surface area contributed by atoms with Crippen molar-refractivity contribution in [3.8, 4) is 0 Å². The lowest BCUT2D eigenvalue weighted by Gasteiger charge is -2.61. The van der Waals surface area contributed by atoms with Gasteiger partial charge < -0.3 is 9.84 Å². The molecule has 4 rings (SSSR count). The standard InChI is InChI=1S/C22H36O3/c1-14(23)22(25-4)12-9-19-17-6-5-15-13-16(24)7-10-20(15,2)18(17)8-11-21(19,22)3/h15-19,24H,5-13H2,1-4H3/t15-,16-,17+,18-,19-,20-,21-,22-/m0/s1. The van der Waals surface area contributed by atoms with Gasteiger partial charge in [-0.2, -0.15) is 0 Å². The molecule has 3 nitrogen and oxygen atoms in total. The van der Waals surface area contributed by atoms with E-state index in [4.69, 9.17) is 4.74 Å². The fourth-order valence-electron chi connectivity index (χ4n) is 8.29. The molecule has 0 spiro atoms. The van der Waals surface area contributed by atoms with Gasteiger partial charge in [-0.3, -0.25) is 4.79 Å². The summed E-state index contributed by atoms with van der Waals surface area (Å²) in [5.41, 5.74) is -0.146. The number of rotatable bonds is 2. The van der Waals surface area contributed by atoms with Gasteiger partial charge >= 0.3 is 0 Å².